The number of hydrogen-bond donors (Lipinski definition) is 1. The van der Waals surface area contributed by atoms with Gasteiger partial charge in [-0.3, -0.25) is 9.69 Å². The molecule has 9 heteroatoms. The largest absolute Gasteiger partial charge is 0.495 e. The fraction of sp³-hybridized carbons (Fsp3) is 0.480. The number of rotatable bonds is 7. The number of amides is 1. The predicted octanol–water partition coefficient (Wildman–Crippen LogP) is 3.02. The van der Waals surface area contributed by atoms with Crippen LogP contribution in [-0.2, 0) is 14.8 Å². The summed E-state index contributed by atoms with van der Waals surface area (Å²) in [6, 6.07) is 14.2. The van der Waals surface area contributed by atoms with Crippen LogP contribution in [0.15, 0.2) is 53.4 Å². The van der Waals surface area contributed by atoms with Gasteiger partial charge in [0.1, 0.15) is 5.75 Å². The number of methoxy groups -OCH3 is 1. The molecule has 2 aromatic rings. The van der Waals surface area contributed by atoms with E-state index in [2.05, 4.69) is 21.2 Å². The van der Waals surface area contributed by atoms with Crippen molar-refractivity contribution in [3.8, 4) is 5.75 Å². The third-order valence-corrected chi connectivity index (χ3v) is 8.65. The van der Waals surface area contributed by atoms with E-state index in [1.54, 1.807) is 35.7 Å². The van der Waals surface area contributed by atoms with Gasteiger partial charge >= 0.3 is 0 Å². The van der Waals surface area contributed by atoms with Crippen molar-refractivity contribution in [3.05, 3.63) is 48.5 Å². The van der Waals surface area contributed by atoms with E-state index in [0.29, 0.717) is 18.8 Å². The molecule has 2 fully saturated rings. The highest BCUT2D eigenvalue weighted by atomic mass is 32.2. The van der Waals surface area contributed by atoms with Gasteiger partial charge in [0.15, 0.2) is 0 Å². The number of piperidine rings is 1. The molecule has 2 aliphatic rings. The van der Waals surface area contributed by atoms with Crippen molar-refractivity contribution in [2.45, 2.75) is 37.1 Å². The molecule has 2 aromatic carbocycles. The van der Waals surface area contributed by atoms with Crippen LogP contribution in [-0.4, -0.2) is 76.0 Å². The van der Waals surface area contributed by atoms with Gasteiger partial charge in [0.25, 0.3) is 0 Å². The summed E-state index contributed by atoms with van der Waals surface area (Å²) in [4.78, 5) is 17.6. The average Bonchev–Trinajstić information content (AvgIpc) is 2.89. The molecule has 2 aliphatic heterocycles. The van der Waals surface area contributed by atoms with Crippen molar-refractivity contribution in [1.82, 2.24) is 9.21 Å². The van der Waals surface area contributed by atoms with Crippen LogP contribution in [0, 0.1) is 0 Å². The first kappa shape index (κ1) is 24.5. The summed E-state index contributed by atoms with van der Waals surface area (Å²) in [7, 11) is -1.80. The first-order valence-corrected chi connectivity index (χ1v) is 13.4. The molecule has 0 unspecified atom stereocenters. The molecule has 1 N–H and O–H groups in total. The second kappa shape index (κ2) is 10.8. The molecule has 1 amide bonds. The van der Waals surface area contributed by atoms with E-state index in [-0.39, 0.29) is 16.8 Å². The van der Waals surface area contributed by atoms with Crippen LogP contribution in [0.2, 0.25) is 0 Å². The zero-order valence-corrected chi connectivity index (χ0v) is 20.8. The quantitative estimate of drug-likeness (QED) is 0.648. The first-order valence-electron chi connectivity index (χ1n) is 11.9. The molecule has 8 nitrogen and oxygen atoms in total. The monoisotopic (exact) mass is 486 g/mol. The van der Waals surface area contributed by atoms with E-state index in [1.165, 1.54) is 0 Å². The number of carbonyl (C=O) groups excluding carboxylic acids is 1. The van der Waals surface area contributed by atoms with E-state index in [1.807, 2.05) is 25.1 Å². The molecule has 0 saturated carbocycles. The van der Waals surface area contributed by atoms with Gasteiger partial charge in [0.2, 0.25) is 15.9 Å². The van der Waals surface area contributed by atoms with Crippen LogP contribution >= 0.6 is 0 Å². The van der Waals surface area contributed by atoms with Crippen molar-refractivity contribution >= 4 is 27.3 Å². The molecule has 0 spiro atoms. The highest BCUT2D eigenvalue weighted by Crippen LogP contribution is 2.28. The van der Waals surface area contributed by atoms with Crippen molar-refractivity contribution in [2.75, 3.05) is 56.6 Å². The third-order valence-electron chi connectivity index (χ3n) is 6.74. The number of nitrogens with one attached hydrogen (secondary N) is 1. The SMILES string of the molecule is COc1ccccc1N1CCN([C@H](C)C(=O)Nc2ccc(S(=O)(=O)N3CCCCC3)cc2)CC1. The van der Waals surface area contributed by atoms with E-state index < -0.39 is 10.0 Å². The third kappa shape index (κ3) is 5.37. The molecule has 2 heterocycles. The van der Waals surface area contributed by atoms with Crippen molar-refractivity contribution in [1.29, 1.82) is 0 Å². The lowest BCUT2D eigenvalue weighted by Crippen LogP contribution is -2.52. The maximum absolute atomic E-state index is 12.9. The molecule has 4 rings (SSSR count). The topological polar surface area (TPSA) is 82.2 Å². The number of ether oxygens (including phenoxy) is 1. The zero-order valence-electron chi connectivity index (χ0n) is 19.9. The lowest BCUT2D eigenvalue weighted by Gasteiger charge is -2.38. The number of sulfonamides is 1. The molecule has 1 atom stereocenters. The predicted molar refractivity (Wildman–Crippen MR) is 134 cm³/mol. The van der Waals surface area contributed by atoms with E-state index >= 15 is 0 Å². The Labute approximate surface area is 202 Å². The van der Waals surface area contributed by atoms with Gasteiger partial charge in [-0.05, 0) is 56.2 Å². The number of anilines is 2. The fourth-order valence-electron chi connectivity index (χ4n) is 4.62. The lowest BCUT2D eigenvalue weighted by molar-refractivity contribution is -0.120. The van der Waals surface area contributed by atoms with Crippen molar-refractivity contribution in [2.24, 2.45) is 0 Å². The Kier molecular flexibility index (Phi) is 7.75. The van der Waals surface area contributed by atoms with Gasteiger partial charge in [-0.1, -0.05) is 18.6 Å². The molecule has 34 heavy (non-hydrogen) atoms. The number of nitrogens with zero attached hydrogens (tertiary/aromatic N) is 3. The molecule has 2 saturated heterocycles. The highest BCUT2D eigenvalue weighted by molar-refractivity contribution is 7.89. The first-order chi connectivity index (χ1) is 16.4. The van der Waals surface area contributed by atoms with Crippen molar-refractivity contribution < 1.29 is 17.9 Å². The highest BCUT2D eigenvalue weighted by Gasteiger charge is 2.28. The van der Waals surface area contributed by atoms with Gasteiger partial charge < -0.3 is 15.0 Å². The number of piperazine rings is 1. The number of para-hydroxylation sites is 2. The Balaban J connectivity index is 1.32. The molecule has 184 valence electrons. The Morgan fingerprint density at radius 2 is 1.56 bits per heavy atom. The maximum atomic E-state index is 12.9. The van der Waals surface area contributed by atoms with Crippen LogP contribution < -0.4 is 15.0 Å². The normalized spacial score (nSPS) is 18.9. The summed E-state index contributed by atoms with van der Waals surface area (Å²) >= 11 is 0. The maximum Gasteiger partial charge on any atom is 0.243 e. The minimum atomic E-state index is -3.48. The summed E-state index contributed by atoms with van der Waals surface area (Å²) in [5.74, 6) is 0.755. The molecular formula is C25H34N4O4S. The van der Waals surface area contributed by atoms with Gasteiger partial charge in [0, 0.05) is 45.0 Å². The number of hydrogen-bond acceptors (Lipinski definition) is 6. The standard InChI is InChI=1S/C25H34N4O4S/c1-20(27-16-18-28(19-17-27)23-8-4-5-9-24(23)33-2)25(30)26-21-10-12-22(13-11-21)34(31,32)29-14-6-3-7-15-29/h4-5,8-13,20H,3,6-7,14-19H2,1-2H3,(H,26,30)/t20-/m1/s1. The van der Waals surface area contributed by atoms with Crippen LogP contribution in [0.4, 0.5) is 11.4 Å². The summed E-state index contributed by atoms with van der Waals surface area (Å²) < 4.78 is 32.7. The van der Waals surface area contributed by atoms with Gasteiger partial charge in [0.05, 0.1) is 23.7 Å². The minimum absolute atomic E-state index is 0.0996. The second-order valence-corrected chi connectivity index (χ2v) is 10.8. The fourth-order valence-corrected chi connectivity index (χ4v) is 6.14. The van der Waals surface area contributed by atoms with Gasteiger partial charge in [-0.15, -0.1) is 0 Å². The van der Waals surface area contributed by atoms with Gasteiger partial charge in [-0.25, -0.2) is 8.42 Å². The van der Waals surface area contributed by atoms with Crippen LogP contribution in [0.5, 0.6) is 5.75 Å². The zero-order chi connectivity index (χ0) is 24.1. The smallest absolute Gasteiger partial charge is 0.243 e. The van der Waals surface area contributed by atoms with E-state index in [4.69, 9.17) is 4.74 Å². The number of benzene rings is 2. The van der Waals surface area contributed by atoms with E-state index in [0.717, 1.165) is 56.9 Å². The molecule has 0 radical (unpaired) electrons. The van der Waals surface area contributed by atoms with Gasteiger partial charge in [-0.2, -0.15) is 4.31 Å². The second-order valence-electron chi connectivity index (χ2n) is 8.85. The summed E-state index contributed by atoms with van der Waals surface area (Å²) in [5, 5.41) is 2.94. The molecule has 0 aliphatic carbocycles. The van der Waals surface area contributed by atoms with Crippen LogP contribution in [0.1, 0.15) is 26.2 Å². The molecular weight excluding hydrogens is 452 g/mol. The summed E-state index contributed by atoms with van der Waals surface area (Å²) in [5.41, 5.74) is 1.67. The Bertz CT molecular complexity index is 1080. The Morgan fingerprint density at radius 1 is 0.912 bits per heavy atom. The van der Waals surface area contributed by atoms with Crippen LogP contribution in [0.3, 0.4) is 0 Å². The molecule has 0 aromatic heterocycles. The molecule has 0 bridgehead atoms. The Morgan fingerprint density at radius 3 is 2.21 bits per heavy atom. The Hall–Kier alpha value is -2.62. The van der Waals surface area contributed by atoms with E-state index in [9.17, 15) is 13.2 Å². The minimum Gasteiger partial charge on any atom is -0.495 e. The number of carbonyl (C=O) groups is 1. The van der Waals surface area contributed by atoms with Crippen LogP contribution in [0.25, 0.3) is 0 Å². The summed E-state index contributed by atoms with van der Waals surface area (Å²) in [6.45, 7) is 6.19. The van der Waals surface area contributed by atoms with Crippen molar-refractivity contribution in [3.63, 3.8) is 0 Å². The average molecular weight is 487 g/mol. The summed E-state index contributed by atoms with van der Waals surface area (Å²) in [6.07, 6.45) is 2.88. The lowest BCUT2D eigenvalue weighted by atomic mass is 10.2.